The van der Waals surface area contributed by atoms with Gasteiger partial charge in [-0.1, -0.05) is 109 Å². The molecule has 2 nitrogen and oxygen atoms in total. The normalized spacial score (nSPS) is 12.1. The molecule has 0 saturated carbocycles. The molecule has 10 aromatic carbocycles. The van der Waals surface area contributed by atoms with Gasteiger partial charge < -0.3 is 0 Å². The van der Waals surface area contributed by atoms with Gasteiger partial charge in [-0.15, -0.1) is 0 Å². The van der Waals surface area contributed by atoms with Crippen molar-refractivity contribution in [3.8, 4) is 78.9 Å². The number of nitriles is 2. The summed E-state index contributed by atoms with van der Waals surface area (Å²) in [5.74, 6) is 0. The van der Waals surface area contributed by atoms with Crippen molar-refractivity contribution in [2.24, 2.45) is 0 Å². The lowest BCUT2D eigenvalue weighted by Gasteiger charge is -2.19. The topological polar surface area (TPSA) is 47.6 Å². The van der Waals surface area contributed by atoms with Gasteiger partial charge in [-0.2, -0.15) is 10.5 Å². The van der Waals surface area contributed by atoms with E-state index in [0.29, 0.717) is 11.1 Å². The quantitative estimate of drug-likeness (QED) is 0.168. The third-order valence-electron chi connectivity index (χ3n) is 12.7. The molecule has 0 aromatic heterocycles. The molecule has 0 radical (unpaired) electrons. The lowest BCUT2D eigenvalue weighted by Crippen LogP contribution is -1.93. The first kappa shape index (κ1) is 30.9. The van der Waals surface area contributed by atoms with Crippen molar-refractivity contribution < 1.29 is 0 Å². The van der Waals surface area contributed by atoms with Gasteiger partial charge in [-0.05, 0) is 182 Å². The van der Waals surface area contributed by atoms with Crippen LogP contribution in [0.15, 0.2) is 146 Å². The lowest BCUT2D eigenvalue weighted by atomic mass is 9.83. The number of rotatable bonds is 2. The third kappa shape index (κ3) is 3.98. The molecule has 0 atom stereocenters. The van der Waals surface area contributed by atoms with E-state index in [9.17, 15) is 10.5 Å². The van der Waals surface area contributed by atoms with Crippen LogP contribution < -0.4 is 0 Å². The van der Waals surface area contributed by atoms with Gasteiger partial charge in [0.1, 0.15) is 12.1 Å². The van der Waals surface area contributed by atoms with E-state index in [1.54, 1.807) is 6.07 Å². The minimum atomic E-state index is 0.387. The molecular formula is C54H30N2. The fourth-order valence-corrected chi connectivity index (χ4v) is 9.99. The molecule has 0 bridgehead atoms. The average Bonchev–Trinajstić information content (AvgIpc) is 3.73. The summed E-state index contributed by atoms with van der Waals surface area (Å²) in [6, 6.07) is 58.0. The maximum Gasteiger partial charge on any atom is 0.101 e. The number of hydrogen-bond acceptors (Lipinski definition) is 2. The van der Waals surface area contributed by atoms with E-state index in [0.717, 1.165) is 16.5 Å². The first-order chi connectivity index (χ1) is 27.5. The summed E-state index contributed by atoms with van der Waals surface area (Å²) in [5.41, 5.74) is 17.7. The van der Waals surface area contributed by atoms with Crippen molar-refractivity contribution in [3.63, 3.8) is 0 Å². The molecular weight excluding hydrogens is 677 g/mol. The molecule has 256 valence electrons. The Balaban J connectivity index is 1.26. The highest BCUT2D eigenvalue weighted by atomic mass is 14.3. The van der Waals surface area contributed by atoms with Crippen molar-refractivity contribution in [1.29, 1.82) is 10.5 Å². The molecule has 0 fully saturated rings. The van der Waals surface area contributed by atoms with Crippen molar-refractivity contribution in [3.05, 3.63) is 168 Å². The van der Waals surface area contributed by atoms with Crippen LogP contribution in [0.1, 0.15) is 22.3 Å². The van der Waals surface area contributed by atoms with E-state index in [2.05, 4.69) is 153 Å². The predicted molar refractivity (Wildman–Crippen MR) is 233 cm³/mol. The van der Waals surface area contributed by atoms with Crippen LogP contribution in [0.3, 0.4) is 0 Å². The second kappa shape index (κ2) is 11.0. The Morgan fingerprint density at radius 1 is 0.339 bits per heavy atom. The van der Waals surface area contributed by atoms with Crippen LogP contribution in [-0.4, -0.2) is 0 Å². The van der Waals surface area contributed by atoms with Gasteiger partial charge >= 0.3 is 0 Å². The zero-order valence-electron chi connectivity index (χ0n) is 30.8. The minimum absolute atomic E-state index is 0.387. The zero-order valence-corrected chi connectivity index (χ0v) is 30.8. The largest absolute Gasteiger partial charge is 0.192 e. The molecule has 0 heterocycles. The summed E-state index contributed by atoms with van der Waals surface area (Å²) in [7, 11) is 0. The Kier molecular flexibility index (Phi) is 6.08. The molecule has 0 amide bonds. The molecule has 0 aliphatic heterocycles. The van der Waals surface area contributed by atoms with Crippen LogP contribution in [0.25, 0.3) is 121 Å². The summed E-state index contributed by atoms with van der Waals surface area (Å²) in [5, 5.41) is 32.3. The summed E-state index contributed by atoms with van der Waals surface area (Å²) in [4.78, 5) is 0. The molecule has 56 heavy (non-hydrogen) atoms. The summed E-state index contributed by atoms with van der Waals surface area (Å²) in [6.07, 6.45) is 0. The molecule has 0 N–H and O–H groups in total. The zero-order chi connectivity index (χ0) is 37.4. The van der Waals surface area contributed by atoms with Crippen LogP contribution in [-0.2, 0) is 0 Å². The molecule has 2 aliphatic carbocycles. The van der Waals surface area contributed by atoms with Crippen molar-refractivity contribution in [2.45, 2.75) is 13.8 Å². The second-order valence-corrected chi connectivity index (χ2v) is 15.5. The van der Waals surface area contributed by atoms with Crippen LogP contribution >= 0.6 is 0 Å². The molecule has 12 rings (SSSR count). The second-order valence-electron chi connectivity index (χ2n) is 15.5. The summed E-state index contributed by atoms with van der Waals surface area (Å²) in [6.45, 7) is 4.38. The maximum atomic E-state index is 10.2. The van der Waals surface area contributed by atoms with Crippen LogP contribution in [0.4, 0.5) is 0 Å². The highest BCUT2D eigenvalue weighted by Crippen LogP contribution is 2.56. The minimum Gasteiger partial charge on any atom is -0.192 e. The van der Waals surface area contributed by atoms with Gasteiger partial charge in [-0.3, -0.25) is 0 Å². The van der Waals surface area contributed by atoms with Gasteiger partial charge in [0.05, 0.1) is 11.1 Å². The molecule has 0 spiro atoms. The van der Waals surface area contributed by atoms with Crippen molar-refractivity contribution >= 4 is 53.9 Å². The molecule has 2 aliphatic rings. The van der Waals surface area contributed by atoms with Gasteiger partial charge in [0.2, 0.25) is 0 Å². The SMILES string of the molecule is Cc1ccc(-c2cc3c4cc5c(c(-c6ccc(C#N)c(C#N)c6)c4ccc3c3cc4c(cc23)-c2cccc3cccc-4c23)-c2cccc3cccc-5c23)cc1C. The third-order valence-corrected chi connectivity index (χ3v) is 12.7. The van der Waals surface area contributed by atoms with E-state index in [4.69, 9.17) is 0 Å². The number of hydrogen-bond donors (Lipinski definition) is 0. The molecule has 0 saturated heterocycles. The van der Waals surface area contributed by atoms with E-state index < -0.39 is 0 Å². The van der Waals surface area contributed by atoms with Gasteiger partial charge in [0.25, 0.3) is 0 Å². The Hall–Kier alpha value is -7.52. The lowest BCUT2D eigenvalue weighted by molar-refractivity contribution is 1.34. The summed E-state index contributed by atoms with van der Waals surface area (Å²) < 4.78 is 0. The standard InChI is InChI=1S/C54H30N2/c1-29-15-16-33(21-30(29)2)43-23-44-37(45-24-46-38-11-3-7-31-8-4-12-39(51(31)38)47(46)25-49(43)45)19-20-41-48(44)26-50-40-13-5-9-32-10-6-14-42(52(32)40)54(50)53(41)34-17-18-35(27-55)36(22-34)28-56/h3-26H,1-2H3. The number of nitrogens with zero attached hydrogens (tertiary/aromatic N) is 2. The highest BCUT2D eigenvalue weighted by molar-refractivity contribution is 6.29. The molecule has 2 heteroatoms. The smallest absolute Gasteiger partial charge is 0.101 e. The Morgan fingerprint density at radius 2 is 0.875 bits per heavy atom. The van der Waals surface area contributed by atoms with E-state index in [1.807, 2.05) is 12.1 Å². The number of benzene rings is 10. The Labute approximate surface area is 323 Å². The van der Waals surface area contributed by atoms with Gasteiger partial charge in [-0.25, -0.2) is 0 Å². The van der Waals surface area contributed by atoms with E-state index in [-0.39, 0.29) is 0 Å². The predicted octanol–water partition coefficient (Wildman–Crippen LogP) is 14.4. The monoisotopic (exact) mass is 706 g/mol. The van der Waals surface area contributed by atoms with Gasteiger partial charge in [0, 0.05) is 0 Å². The van der Waals surface area contributed by atoms with Crippen LogP contribution in [0, 0.1) is 36.5 Å². The first-order valence-corrected chi connectivity index (χ1v) is 19.1. The van der Waals surface area contributed by atoms with E-state index in [1.165, 1.54) is 115 Å². The Morgan fingerprint density at radius 3 is 1.55 bits per heavy atom. The van der Waals surface area contributed by atoms with E-state index >= 15 is 0 Å². The first-order valence-electron chi connectivity index (χ1n) is 19.1. The fourth-order valence-electron chi connectivity index (χ4n) is 9.99. The van der Waals surface area contributed by atoms with Crippen molar-refractivity contribution in [1.82, 2.24) is 0 Å². The van der Waals surface area contributed by atoms with Crippen LogP contribution in [0.2, 0.25) is 0 Å². The summed E-state index contributed by atoms with van der Waals surface area (Å²) >= 11 is 0. The average molecular weight is 707 g/mol. The fraction of sp³-hybridized carbons (Fsp3) is 0.0370. The van der Waals surface area contributed by atoms with Crippen LogP contribution in [0.5, 0.6) is 0 Å². The molecule has 10 aromatic rings. The highest BCUT2D eigenvalue weighted by Gasteiger charge is 2.29. The van der Waals surface area contributed by atoms with Crippen molar-refractivity contribution in [2.75, 3.05) is 0 Å². The molecule has 0 unspecified atom stereocenters. The maximum absolute atomic E-state index is 10.2. The number of fused-ring (bicyclic) bond motifs is 11. The Bertz CT molecular complexity index is 3560. The van der Waals surface area contributed by atoms with Gasteiger partial charge in [0.15, 0.2) is 0 Å². The number of aryl methyl sites for hydroxylation is 2.